The third-order valence-corrected chi connectivity index (χ3v) is 3.82. The Balaban J connectivity index is 2.64. The van der Waals surface area contributed by atoms with Crippen LogP contribution < -0.4 is 4.90 Å². The van der Waals surface area contributed by atoms with Gasteiger partial charge in [0.05, 0.1) is 16.6 Å². The van der Waals surface area contributed by atoms with Crippen molar-refractivity contribution in [2.45, 2.75) is 39.5 Å². The molecule has 98 valence electrons. The maximum atomic E-state index is 12.1. The average molecular weight is 312 g/mol. The van der Waals surface area contributed by atoms with Gasteiger partial charge in [-0.1, -0.05) is 34.1 Å². The highest BCUT2D eigenvalue weighted by molar-refractivity contribution is 9.09. The van der Waals surface area contributed by atoms with Gasteiger partial charge in [0.15, 0.2) is 0 Å². The van der Waals surface area contributed by atoms with Crippen LogP contribution in [0.2, 0.25) is 0 Å². The van der Waals surface area contributed by atoms with Gasteiger partial charge in [0.25, 0.3) is 0 Å². The normalized spacial score (nSPS) is 21.6. The van der Waals surface area contributed by atoms with Gasteiger partial charge in [-0.2, -0.15) is 0 Å². The van der Waals surface area contributed by atoms with Crippen LogP contribution in [0.1, 0.15) is 31.9 Å². The Morgan fingerprint density at radius 3 is 2.78 bits per heavy atom. The Labute approximate surface area is 116 Å². The smallest absolute Gasteiger partial charge is 0.239 e. The Hall–Kier alpha value is -0.870. The van der Waals surface area contributed by atoms with Gasteiger partial charge in [0.1, 0.15) is 6.23 Å². The highest BCUT2D eigenvalue weighted by Gasteiger charge is 2.39. The number of para-hydroxylation sites is 1. The highest BCUT2D eigenvalue weighted by Crippen LogP contribution is 2.42. The topological polar surface area (TPSA) is 29.5 Å². The molecule has 1 aromatic carbocycles. The summed E-state index contributed by atoms with van der Waals surface area (Å²) in [6.45, 7) is 8.02. The van der Waals surface area contributed by atoms with Crippen molar-refractivity contribution in [2.75, 3.05) is 10.2 Å². The lowest BCUT2D eigenvalue weighted by Gasteiger charge is -2.44. The molecule has 1 aromatic rings. The number of carbonyl (C=O) groups excluding carboxylic acids is 1. The van der Waals surface area contributed by atoms with Crippen LogP contribution >= 0.6 is 15.9 Å². The lowest BCUT2D eigenvalue weighted by atomic mass is 9.91. The van der Waals surface area contributed by atoms with Gasteiger partial charge in [-0.3, -0.25) is 9.69 Å². The fourth-order valence-corrected chi connectivity index (χ4v) is 2.85. The van der Waals surface area contributed by atoms with Crippen LogP contribution in [-0.4, -0.2) is 17.5 Å². The first kappa shape index (κ1) is 13.6. The number of hydrogen-bond donors (Lipinski definition) is 0. The van der Waals surface area contributed by atoms with E-state index in [9.17, 15) is 4.79 Å². The SMILES string of the molecule is Cc1cccc2c1N(C(=O)CBr)C(C)OC2(C)C. The Morgan fingerprint density at radius 1 is 1.50 bits per heavy atom. The molecular weight excluding hydrogens is 294 g/mol. The zero-order chi connectivity index (χ0) is 13.5. The minimum Gasteiger partial charge on any atom is -0.348 e. The molecule has 1 amide bonds. The molecule has 0 N–H and O–H groups in total. The number of anilines is 1. The zero-order valence-electron chi connectivity index (χ0n) is 11.2. The van der Waals surface area contributed by atoms with Gasteiger partial charge in [-0.25, -0.2) is 0 Å². The fourth-order valence-electron chi connectivity index (χ4n) is 2.58. The maximum Gasteiger partial charge on any atom is 0.239 e. The van der Waals surface area contributed by atoms with Crippen molar-refractivity contribution in [1.29, 1.82) is 0 Å². The molecule has 1 unspecified atom stereocenters. The van der Waals surface area contributed by atoms with Crippen LogP contribution in [0, 0.1) is 6.92 Å². The van der Waals surface area contributed by atoms with Crippen molar-refractivity contribution >= 4 is 27.5 Å². The quantitative estimate of drug-likeness (QED) is 0.744. The number of amides is 1. The van der Waals surface area contributed by atoms with E-state index in [0.29, 0.717) is 5.33 Å². The van der Waals surface area contributed by atoms with Crippen LogP contribution in [0.4, 0.5) is 5.69 Å². The van der Waals surface area contributed by atoms with E-state index in [2.05, 4.69) is 15.9 Å². The maximum absolute atomic E-state index is 12.1. The minimum atomic E-state index is -0.371. The molecule has 0 aliphatic carbocycles. The molecule has 0 saturated carbocycles. The lowest BCUT2D eigenvalue weighted by Crippen LogP contribution is -2.49. The predicted octanol–water partition coefficient (Wildman–Crippen LogP) is 3.33. The number of nitrogens with zero attached hydrogens (tertiary/aromatic N) is 1. The molecule has 1 atom stereocenters. The molecule has 0 spiro atoms. The van der Waals surface area contributed by atoms with Crippen LogP contribution in [0.5, 0.6) is 0 Å². The zero-order valence-corrected chi connectivity index (χ0v) is 12.7. The van der Waals surface area contributed by atoms with Crippen molar-refractivity contribution in [1.82, 2.24) is 0 Å². The summed E-state index contributed by atoms with van der Waals surface area (Å²) in [6, 6.07) is 6.07. The Morgan fingerprint density at radius 2 is 2.17 bits per heavy atom. The number of alkyl halides is 1. The average Bonchev–Trinajstić information content (AvgIpc) is 2.29. The molecule has 3 nitrogen and oxygen atoms in total. The van der Waals surface area contributed by atoms with Crippen molar-refractivity contribution < 1.29 is 9.53 Å². The summed E-state index contributed by atoms with van der Waals surface area (Å²) in [5.41, 5.74) is 2.79. The number of carbonyl (C=O) groups is 1. The summed E-state index contributed by atoms with van der Waals surface area (Å²) >= 11 is 3.24. The van der Waals surface area contributed by atoms with Crippen LogP contribution in [-0.2, 0) is 15.1 Å². The van der Waals surface area contributed by atoms with Crippen LogP contribution in [0.15, 0.2) is 18.2 Å². The van der Waals surface area contributed by atoms with Gasteiger partial charge in [-0.15, -0.1) is 0 Å². The van der Waals surface area contributed by atoms with E-state index in [4.69, 9.17) is 4.74 Å². The van der Waals surface area contributed by atoms with Crippen LogP contribution in [0.3, 0.4) is 0 Å². The molecule has 2 rings (SSSR count). The predicted molar refractivity (Wildman–Crippen MR) is 76.0 cm³/mol. The number of ether oxygens (including phenoxy) is 1. The molecule has 18 heavy (non-hydrogen) atoms. The molecule has 0 saturated heterocycles. The van der Waals surface area contributed by atoms with Crippen LogP contribution in [0.25, 0.3) is 0 Å². The number of fused-ring (bicyclic) bond motifs is 1. The monoisotopic (exact) mass is 311 g/mol. The highest BCUT2D eigenvalue weighted by atomic mass is 79.9. The Bertz CT molecular complexity index is 485. The van der Waals surface area contributed by atoms with E-state index >= 15 is 0 Å². The second kappa shape index (κ2) is 4.67. The number of benzene rings is 1. The first-order valence-electron chi connectivity index (χ1n) is 6.04. The van der Waals surface area contributed by atoms with E-state index in [1.165, 1.54) is 0 Å². The summed E-state index contributed by atoms with van der Waals surface area (Å²) in [5.74, 6) is 0.0218. The second-order valence-corrected chi connectivity index (χ2v) is 5.66. The van der Waals surface area contributed by atoms with Gasteiger partial charge in [-0.05, 0) is 33.3 Å². The molecular formula is C14H18BrNO2. The molecule has 1 aliphatic heterocycles. The van der Waals surface area contributed by atoms with Crippen molar-refractivity contribution in [3.63, 3.8) is 0 Å². The lowest BCUT2D eigenvalue weighted by molar-refractivity contribution is -0.125. The summed E-state index contributed by atoms with van der Waals surface area (Å²) < 4.78 is 5.97. The van der Waals surface area contributed by atoms with E-state index in [1.807, 2.05) is 45.9 Å². The third-order valence-electron chi connectivity index (χ3n) is 3.34. The number of halogens is 1. The molecule has 1 heterocycles. The van der Waals surface area contributed by atoms with E-state index < -0.39 is 0 Å². The van der Waals surface area contributed by atoms with Gasteiger partial charge < -0.3 is 4.74 Å². The minimum absolute atomic E-state index is 0.0218. The number of hydrogen-bond acceptors (Lipinski definition) is 2. The van der Waals surface area contributed by atoms with Crippen molar-refractivity contribution in [3.8, 4) is 0 Å². The summed E-state index contributed by atoms with van der Waals surface area (Å²) in [7, 11) is 0. The first-order chi connectivity index (χ1) is 8.38. The molecule has 0 fully saturated rings. The summed E-state index contributed by atoms with van der Waals surface area (Å²) in [6.07, 6.45) is -0.251. The number of aryl methyl sites for hydroxylation is 1. The Kier molecular flexibility index (Phi) is 3.52. The third kappa shape index (κ3) is 2.08. The second-order valence-electron chi connectivity index (χ2n) is 5.10. The fraction of sp³-hybridized carbons (Fsp3) is 0.500. The van der Waals surface area contributed by atoms with E-state index in [1.54, 1.807) is 4.90 Å². The van der Waals surface area contributed by atoms with Gasteiger partial charge in [0, 0.05) is 5.56 Å². The first-order valence-corrected chi connectivity index (χ1v) is 7.16. The van der Waals surface area contributed by atoms with E-state index in [0.717, 1.165) is 16.8 Å². The van der Waals surface area contributed by atoms with Gasteiger partial charge in [0.2, 0.25) is 5.91 Å². The molecule has 1 aliphatic rings. The standard InChI is InChI=1S/C14H18BrNO2/c1-9-6-5-7-11-13(9)16(12(17)8-15)10(2)18-14(11,3)4/h5-7,10H,8H2,1-4H3. The van der Waals surface area contributed by atoms with Crippen molar-refractivity contribution in [3.05, 3.63) is 29.3 Å². The molecule has 4 heteroatoms. The molecule has 0 aromatic heterocycles. The molecule has 0 radical (unpaired) electrons. The summed E-state index contributed by atoms with van der Waals surface area (Å²) in [4.78, 5) is 13.8. The number of rotatable bonds is 1. The van der Waals surface area contributed by atoms with E-state index in [-0.39, 0.29) is 17.7 Å². The molecule has 0 bridgehead atoms. The largest absolute Gasteiger partial charge is 0.348 e. The summed E-state index contributed by atoms with van der Waals surface area (Å²) in [5, 5.41) is 0.300. The van der Waals surface area contributed by atoms with Gasteiger partial charge >= 0.3 is 0 Å². The van der Waals surface area contributed by atoms with Crippen molar-refractivity contribution in [2.24, 2.45) is 0 Å².